The van der Waals surface area contributed by atoms with Gasteiger partial charge >= 0.3 is 0 Å². The van der Waals surface area contributed by atoms with Crippen LogP contribution in [-0.2, 0) is 0 Å². The van der Waals surface area contributed by atoms with Crippen molar-refractivity contribution < 1.29 is 0 Å². The normalized spacial score (nSPS) is 23.2. The summed E-state index contributed by atoms with van der Waals surface area (Å²) >= 11 is 2.06. The summed E-state index contributed by atoms with van der Waals surface area (Å²) in [6.07, 6.45) is 9.09. The van der Waals surface area contributed by atoms with Gasteiger partial charge in [-0.3, -0.25) is 0 Å². The minimum atomic E-state index is 0.802. The van der Waals surface area contributed by atoms with Crippen molar-refractivity contribution in [2.45, 2.75) is 32.1 Å². The molecule has 0 atom stereocenters. The van der Waals surface area contributed by atoms with Crippen molar-refractivity contribution in [2.75, 3.05) is 0 Å². The van der Waals surface area contributed by atoms with Crippen molar-refractivity contribution in [3.63, 3.8) is 0 Å². The Kier molecular flexibility index (Phi) is 3.55. The maximum absolute atomic E-state index is 4.00. The minimum absolute atomic E-state index is 0.802. The van der Waals surface area contributed by atoms with E-state index in [9.17, 15) is 0 Å². The zero-order chi connectivity index (χ0) is 6.53. The average molecular weight is 237 g/mol. The molecule has 0 unspecified atom stereocenters. The maximum Gasteiger partial charge on any atom is 0.0827 e. The third-order valence-electron chi connectivity index (χ3n) is 1.92. The lowest BCUT2D eigenvalue weighted by Crippen LogP contribution is -2.06. The Morgan fingerprint density at radius 1 is 1.22 bits per heavy atom. The van der Waals surface area contributed by atoms with Gasteiger partial charge in [0.05, 0.1) is 22.9 Å². The molecular formula is C7H12IN. The number of nitrogens with zero attached hydrogens (tertiary/aromatic N) is 1. The number of rotatable bonds is 1. The highest BCUT2D eigenvalue weighted by Crippen LogP contribution is 2.21. The van der Waals surface area contributed by atoms with Crippen molar-refractivity contribution in [1.82, 2.24) is 0 Å². The molecule has 0 spiro atoms. The van der Waals surface area contributed by atoms with Crippen molar-refractivity contribution in [3.05, 3.63) is 0 Å². The zero-order valence-corrected chi connectivity index (χ0v) is 7.67. The van der Waals surface area contributed by atoms with Crippen molar-refractivity contribution in [1.29, 1.82) is 0 Å². The quantitative estimate of drug-likeness (QED) is 0.491. The van der Waals surface area contributed by atoms with Gasteiger partial charge in [-0.25, -0.2) is 3.21 Å². The molecule has 0 saturated heterocycles. The SMILES string of the molecule is IN=CC1CCCCC1. The van der Waals surface area contributed by atoms with Crippen LogP contribution in [0.2, 0.25) is 0 Å². The summed E-state index contributed by atoms with van der Waals surface area (Å²) in [5, 5.41) is 0. The molecule has 1 aliphatic rings. The summed E-state index contributed by atoms with van der Waals surface area (Å²) in [5.41, 5.74) is 0. The van der Waals surface area contributed by atoms with Gasteiger partial charge in [-0.05, 0) is 18.8 Å². The van der Waals surface area contributed by atoms with Crippen LogP contribution in [-0.4, -0.2) is 6.21 Å². The van der Waals surface area contributed by atoms with Gasteiger partial charge in [0.25, 0.3) is 0 Å². The fraction of sp³-hybridized carbons (Fsp3) is 0.857. The van der Waals surface area contributed by atoms with Gasteiger partial charge in [0.1, 0.15) is 0 Å². The number of hydrogen-bond acceptors (Lipinski definition) is 1. The smallest absolute Gasteiger partial charge is 0.0827 e. The summed E-state index contributed by atoms with van der Waals surface area (Å²) < 4.78 is 4.00. The molecule has 0 amide bonds. The van der Waals surface area contributed by atoms with Crippen molar-refractivity contribution in [2.24, 2.45) is 9.12 Å². The Bertz CT molecular complexity index is 95.1. The van der Waals surface area contributed by atoms with Crippen LogP contribution in [0.25, 0.3) is 0 Å². The average Bonchev–Trinajstić information content (AvgIpc) is 1.91. The molecule has 9 heavy (non-hydrogen) atoms. The molecule has 0 heterocycles. The molecule has 1 nitrogen and oxygen atoms in total. The van der Waals surface area contributed by atoms with E-state index in [1.165, 1.54) is 32.1 Å². The molecule has 0 bridgehead atoms. The molecule has 1 fully saturated rings. The molecule has 0 radical (unpaired) electrons. The Balaban J connectivity index is 2.23. The largest absolute Gasteiger partial charge is 0.227 e. The van der Waals surface area contributed by atoms with Crippen LogP contribution in [0.4, 0.5) is 0 Å². The van der Waals surface area contributed by atoms with Crippen LogP contribution >= 0.6 is 22.9 Å². The summed E-state index contributed by atoms with van der Waals surface area (Å²) in [7, 11) is 0. The standard InChI is InChI=1S/C7H12IN/c8-9-6-7-4-2-1-3-5-7/h6-7H,1-5H2. The van der Waals surface area contributed by atoms with Crippen LogP contribution in [0.1, 0.15) is 32.1 Å². The second-order valence-corrected chi connectivity index (χ2v) is 3.20. The molecule has 0 N–H and O–H groups in total. The topological polar surface area (TPSA) is 12.4 Å². The fourth-order valence-electron chi connectivity index (χ4n) is 1.36. The molecule has 1 saturated carbocycles. The van der Waals surface area contributed by atoms with Crippen LogP contribution in [0.3, 0.4) is 0 Å². The van der Waals surface area contributed by atoms with E-state index in [1.807, 2.05) is 0 Å². The highest BCUT2D eigenvalue weighted by atomic mass is 127. The minimum Gasteiger partial charge on any atom is -0.227 e. The fourth-order valence-corrected chi connectivity index (χ4v) is 1.82. The van der Waals surface area contributed by atoms with E-state index in [0.29, 0.717) is 0 Å². The van der Waals surface area contributed by atoms with Gasteiger partial charge in [-0.15, -0.1) is 0 Å². The van der Waals surface area contributed by atoms with Gasteiger partial charge in [-0.2, -0.15) is 0 Å². The van der Waals surface area contributed by atoms with E-state index < -0.39 is 0 Å². The predicted octanol–water partition coefficient (Wildman–Crippen LogP) is 2.99. The van der Waals surface area contributed by atoms with E-state index in [-0.39, 0.29) is 0 Å². The predicted molar refractivity (Wildman–Crippen MR) is 49.1 cm³/mol. The van der Waals surface area contributed by atoms with Crippen molar-refractivity contribution >= 4 is 29.1 Å². The molecule has 0 aliphatic heterocycles. The molecule has 0 aromatic carbocycles. The molecular weight excluding hydrogens is 225 g/mol. The van der Waals surface area contributed by atoms with Crippen molar-refractivity contribution in [3.8, 4) is 0 Å². The number of hydrogen-bond donors (Lipinski definition) is 0. The molecule has 1 aliphatic carbocycles. The molecule has 0 aromatic heterocycles. The molecule has 0 aromatic rings. The number of halogens is 1. The Morgan fingerprint density at radius 3 is 2.44 bits per heavy atom. The second-order valence-electron chi connectivity index (χ2n) is 2.64. The van der Waals surface area contributed by atoms with Gasteiger partial charge in [0, 0.05) is 6.21 Å². The van der Waals surface area contributed by atoms with E-state index in [2.05, 4.69) is 32.3 Å². The zero-order valence-electron chi connectivity index (χ0n) is 5.52. The van der Waals surface area contributed by atoms with E-state index in [0.717, 1.165) is 5.92 Å². The van der Waals surface area contributed by atoms with E-state index in [1.54, 1.807) is 0 Å². The summed E-state index contributed by atoms with van der Waals surface area (Å²) in [6, 6.07) is 0. The summed E-state index contributed by atoms with van der Waals surface area (Å²) in [4.78, 5) is 0. The highest BCUT2D eigenvalue weighted by Gasteiger charge is 2.09. The van der Waals surface area contributed by atoms with Gasteiger partial charge in [0.2, 0.25) is 0 Å². The first-order valence-corrected chi connectivity index (χ1v) is 4.54. The third kappa shape index (κ3) is 2.65. The van der Waals surface area contributed by atoms with E-state index >= 15 is 0 Å². The van der Waals surface area contributed by atoms with Crippen LogP contribution < -0.4 is 0 Å². The monoisotopic (exact) mass is 237 g/mol. The van der Waals surface area contributed by atoms with Gasteiger partial charge < -0.3 is 0 Å². The van der Waals surface area contributed by atoms with E-state index in [4.69, 9.17) is 0 Å². The Morgan fingerprint density at radius 2 is 1.89 bits per heavy atom. The first-order chi connectivity index (χ1) is 4.43. The first-order valence-electron chi connectivity index (χ1n) is 3.58. The van der Waals surface area contributed by atoms with Crippen LogP contribution in [0.15, 0.2) is 3.21 Å². The van der Waals surface area contributed by atoms with Crippen LogP contribution in [0.5, 0.6) is 0 Å². The Labute approximate surface area is 70.4 Å². The lowest BCUT2D eigenvalue weighted by Gasteiger charge is -2.16. The molecule has 52 valence electrons. The summed E-state index contributed by atoms with van der Waals surface area (Å²) in [6.45, 7) is 0. The first kappa shape index (κ1) is 7.51. The molecule has 1 rings (SSSR count). The highest BCUT2D eigenvalue weighted by molar-refractivity contribution is 14.1. The maximum atomic E-state index is 4.00. The van der Waals surface area contributed by atoms with Crippen LogP contribution in [0, 0.1) is 5.92 Å². The third-order valence-corrected chi connectivity index (χ3v) is 2.24. The Hall–Kier alpha value is 0.400. The lowest BCUT2D eigenvalue weighted by atomic mass is 9.90. The van der Waals surface area contributed by atoms with Gasteiger partial charge in [-0.1, -0.05) is 19.3 Å². The summed E-state index contributed by atoms with van der Waals surface area (Å²) in [5.74, 6) is 0.802. The lowest BCUT2D eigenvalue weighted by molar-refractivity contribution is 0.445. The van der Waals surface area contributed by atoms with Gasteiger partial charge in [0.15, 0.2) is 0 Å². The molecule has 2 heteroatoms. The second kappa shape index (κ2) is 4.25.